The van der Waals surface area contributed by atoms with Crippen LogP contribution in [0.15, 0.2) is 24.3 Å². The van der Waals surface area contributed by atoms with Crippen LogP contribution >= 0.6 is 35.0 Å². The van der Waals surface area contributed by atoms with Gasteiger partial charge in [-0.1, -0.05) is 6.92 Å². The van der Waals surface area contributed by atoms with E-state index in [4.69, 9.17) is 0 Å². The Kier molecular flexibility index (Phi) is 8.55. The molecule has 1 aromatic rings. The molecule has 17 heavy (non-hydrogen) atoms. The Morgan fingerprint density at radius 2 is 1.94 bits per heavy atom. The number of hydrogen-bond acceptors (Lipinski definition) is 2. The van der Waals surface area contributed by atoms with Gasteiger partial charge in [-0.25, -0.2) is 0 Å². The topological polar surface area (TPSA) is 41.1 Å². The van der Waals surface area contributed by atoms with E-state index in [1.807, 2.05) is 31.2 Å². The largest absolute Gasteiger partial charge is 0.325 e. The van der Waals surface area contributed by atoms with Crippen molar-refractivity contribution in [1.82, 2.24) is 5.32 Å². The van der Waals surface area contributed by atoms with Gasteiger partial charge in [0.2, 0.25) is 5.91 Å². The lowest BCUT2D eigenvalue weighted by Gasteiger charge is -2.13. The van der Waals surface area contributed by atoms with Crippen LogP contribution in [0, 0.1) is 3.57 Å². The van der Waals surface area contributed by atoms with Crippen molar-refractivity contribution < 1.29 is 4.79 Å². The lowest BCUT2D eigenvalue weighted by Crippen LogP contribution is -2.38. The minimum Gasteiger partial charge on any atom is -0.325 e. The summed E-state index contributed by atoms with van der Waals surface area (Å²) in [6.45, 7) is 4.82. The van der Waals surface area contributed by atoms with Crippen molar-refractivity contribution in [3.05, 3.63) is 27.8 Å². The second-order valence-electron chi connectivity index (χ2n) is 3.67. The van der Waals surface area contributed by atoms with Crippen LogP contribution in [0.25, 0.3) is 0 Å². The van der Waals surface area contributed by atoms with E-state index >= 15 is 0 Å². The van der Waals surface area contributed by atoms with Crippen molar-refractivity contribution in [3.8, 4) is 0 Å². The van der Waals surface area contributed by atoms with Crippen LogP contribution in [-0.4, -0.2) is 18.5 Å². The molecule has 96 valence electrons. The first-order valence-corrected chi connectivity index (χ1v) is 6.51. The average Bonchev–Trinajstić information content (AvgIpc) is 2.29. The summed E-state index contributed by atoms with van der Waals surface area (Å²) in [5, 5.41) is 6.02. The second kappa shape index (κ2) is 8.72. The molecule has 0 aromatic heterocycles. The van der Waals surface area contributed by atoms with E-state index in [2.05, 4.69) is 40.1 Å². The van der Waals surface area contributed by atoms with E-state index in [0.29, 0.717) is 0 Å². The third-order valence-electron chi connectivity index (χ3n) is 2.21. The van der Waals surface area contributed by atoms with Gasteiger partial charge in [-0.3, -0.25) is 4.79 Å². The molecule has 0 saturated heterocycles. The van der Waals surface area contributed by atoms with E-state index in [0.717, 1.165) is 22.2 Å². The first-order chi connectivity index (χ1) is 7.63. The van der Waals surface area contributed by atoms with Crippen molar-refractivity contribution in [2.45, 2.75) is 26.3 Å². The summed E-state index contributed by atoms with van der Waals surface area (Å²) in [4.78, 5) is 11.7. The van der Waals surface area contributed by atoms with Gasteiger partial charge in [0.1, 0.15) is 0 Å². The molecule has 0 saturated carbocycles. The Morgan fingerprint density at radius 1 is 1.35 bits per heavy atom. The van der Waals surface area contributed by atoms with Gasteiger partial charge >= 0.3 is 0 Å². The molecule has 0 aliphatic heterocycles. The minimum absolute atomic E-state index is 0. The maximum atomic E-state index is 11.7. The van der Waals surface area contributed by atoms with Gasteiger partial charge in [-0.2, -0.15) is 0 Å². The van der Waals surface area contributed by atoms with Gasteiger partial charge in [-0.05, 0) is 66.7 Å². The van der Waals surface area contributed by atoms with Crippen molar-refractivity contribution in [1.29, 1.82) is 0 Å². The van der Waals surface area contributed by atoms with Crippen molar-refractivity contribution >= 4 is 46.6 Å². The highest BCUT2D eigenvalue weighted by atomic mass is 127. The zero-order valence-electron chi connectivity index (χ0n) is 10.00. The highest BCUT2D eigenvalue weighted by Crippen LogP contribution is 2.11. The standard InChI is InChI=1S/C12H17IN2O.ClH/c1-3-8-14-9(2)12(16)15-11-6-4-10(13)5-7-11;/h4-7,9,14H,3,8H2,1-2H3,(H,15,16);1H. The van der Waals surface area contributed by atoms with Crippen LogP contribution in [0.3, 0.4) is 0 Å². The highest BCUT2D eigenvalue weighted by Gasteiger charge is 2.11. The van der Waals surface area contributed by atoms with E-state index < -0.39 is 0 Å². The number of nitrogens with one attached hydrogen (secondary N) is 2. The third-order valence-corrected chi connectivity index (χ3v) is 2.92. The summed E-state index contributed by atoms with van der Waals surface area (Å²) in [5.74, 6) is 0.00894. The Morgan fingerprint density at radius 3 is 2.47 bits per heavy atom. The Balaban J connectivity index is 0.00000256. The van der Waals surface area contributed by atoms with E-state index in [1.165, 1.54) is 0 Å². The molecular formula is C12H18ClIN2O. The monoisotopic (exact) mass is 368 g/mol. The molecule has 0 heterocycles. The van der Waals surface area contributed by atoms with Gasteiger partial charge in [0, 0.05) is 9.26 Å². The van der Waals surface area contributed by atoms with Gasteiger partial charge in [0.05, 0.1) is 6.04 Å². The fourth-order valence-corrected chi connectivity index (χ4v) is 1.60. The van der Waals surface area contributed by atoms with Crippen LogP contribution in [0.1, 0.15) is 20.3 Å². The minimum atomic E-state index is -0.153. The Hall–Kier alpha value is -0.330. The molecule has 2 N–H and O–H groups in total. The fourth-order valence-electron chi connectivity index (χ4n) is 1.24. The Bertz CT molecular complexity index is 343. The molecule has 0 spiro atoms. The molecule has 1 rings (SSSR count). The number of carbonyl (C=O) groups is 1. The molecule has 1 aromatic carbocycles. The van der Waals surface area contributed by atoms with E-state index in [9.17, 15) is 4.79 Å². The lowest BCUT2D eigenvalue weighted by molar-refractivity contribution is -0.117. The molecule has 0 aliphatic rings. The molecule has 5 heteroatoms. The van der Waals surface area contributed by atoms with Crippen molar-refractivity contribution in [2.24, 2.45) is 0 Å². The summed E-state index contributed by atoms with van der Waals surface area (Å²) < 4.78 is 1.16. The number of anilines is 1. The second-order valence-corrected chi connectivity index (χ2v) is 4.92. The molecule has 1 atom stereocenters. The molecule has 3 nitrogen and oxygen atoms in total. The molecule has 0 aliphatic carbocycles. The first-order valence-electron chi connectivity index (χ1n) is 5.43. The predicted octanol–water partition coefficient (Wildman–Crippen LogP) is 3.04. The molecule has 1 unspecified atom stereocenters. The zero-order valence-corrected chi connectivity index (χ0v) is 13.0. The summed E-state index contributed by atoms with van der Waals surface area (Å²) in [6.07, 6.45) is 1.03. The summed E-state index contributed by atoms with van der Waals surface area (Å²) in [5.41, 5.74) is 0.843. The van der Waals surface area contributed by atoms with E-state index in [1.54, 1.807) is 0 Å². The Labute approximate surface area is 122 Å². The number of hydrogen-bond donors (Lipinski definition) is 2. The van der Waals surface area contributed by atoms with Crippen LogP contribution in [0.2, 0.25) is 0 Å². The van der Waals surface area contributed by atoms with Gasteiger partial charge in [-0.15, -0.1) is 12.4 Å². The maximum absolute atomic E-state index is 11.7. The SMILES string of the molecule is CCCNC(C)C(=O)Nc1ccc(I)cc1.Cl. The number of benzene rings is 1. The fraction of sp³-hybridized carbons (Fsp3) is 0.417. The number of halogens is 2. The summed E-state index contributed by atoms with van der Waals surface area (Å²) in [7, 11) is 0. The quantitative estimate of drug-likeness (QED) is 0.784. The summed E-state index contributed by atoms with van der Waals surface area (Å²) in [6, 6.07) is 7.61. The number of carbonyl (C=O) groups excluding carboxylic acids is 1. The van der Waals surface area contributed by atoms with Crippen molar-refractivity contribution in [2.75, 3.05) is 11.9 Å². The van der Waals surface area contributed by atoms with Gasteiger partial charge in [0.15, 0.2) is 0 Å². The third kappa shape index (κ3) is 6.24. The molecule has 1 amide bonds. The van der Waals surface area contributed by atoms with Crippen LogP contribution in [0.4, 0.5) is 5.69 Å². The molecular weight excluding hydrogens is 351 g/mol. The van der Waals surface area contributed by atoms with Gasteiger partial charge < -0.3 is 10.6 Å². The van der Waals surface area contributed by atoms with Crippen molar-refractivity contribution in [3.63, 3.8) is 0 Å². The van der Waals surface area contributed by atoms with E-state index in [-0.39, 0.29) is 24.4 Å². The molecule has 0 bridgehead atoms. The molecule has 0 fully saturated rings. The zero-order chi connectivity index (χ0) is 12.0. The normalized spacial score (nSPS) is 11.5. The highest BCUT2D eigenvalue weighted by molar-refractivity contribution is 14.1. The summed E-state index contributed by atoms with van der Waals surface area (Å²) >= 11 is 2.24. The number of rotatable bonds is 5. The smallest absolute Gasteiger partial charge is 0.241 e. The molecule has 0 radical (unpaired) electrons. The lowest BCUT2D eigenvalue weighted by atomic mass is 10.2. The van der Waals surface area contributed by atoms with Crippen LogP contribution in [0.5, 0.6) is 0 Å². The maximum Gasteiger partial charge on any atom is 0.241 e. The number of amides is 1. The average molecular weight is 369 g/mol. The first kappa shape index (κ1) is 16.7. The van der Waals surface area contributed by atoms with Crippen LogP contribution < -0.4 is 10.6 Å². The van der Waals surface area contributed by atoms with Crippen LogP contribution in [-0.2, 0) is 4.79 Å². The predicted molar refractivity (Wildman–Crippen MR) is 82.8 cm³/mol. The van der Waals surface area contributed by atoms with Gasteiger partial charge in [0.25, 0.3) is 0 Å².